The van der Waals surface area contributed by atoms with Gasteiger partial charge in [-0.3, -0.25) is 4.68 Å². The smallest absolute Gasteiger partial charge is 0.0672 e. The lowest BCUT2D eigenvalue weighted by molar-refractivity contribution is 0.654. The molecule has 12 heavy (non-hydrogen) atoms. The van der Waals surface area contributed by atoms with Crippen LogP contribution >= 0.6 is 0 Å². The SMILES string of the molecule is CCc1nn(C)c2c1C(N)CC2. The third kappa shape index (κ3) is 0.894. The van der Waals surface area contributed by atoms with Crippen LogP contribution in [0.5, 0.6) is 0 Å². The number of hydrogen-bond acceptors (Lipinski definition) is 2. The Hall–Kier alpha value is -0.830. The zero-order valence-corrected chi connectivity index (χ0v) is 7.67. The van der Waals surface area contributed by atoms with Crippen LogP contribution in [0.25, 0.3) is 0 Å². The predicted octanol–water partition coefficient (Wildman–Crippen LogP) is 0.928. The normalized spacial score (nSPS) is 21.4. The minimum Gasteiger partial charge on any atom is -0.324 e. The molecular weight excluding hydrogens is 150 g/mol. The second-order valence-corrected chi connectivity index (χ2v) is 3.43. The average Bonchev–Trinajstić information content (AvgIpc) is 2.56. The maximum atomic E-state index is 5.98. The van der Waals surface area contributed by atoms with Crippen molar-refractivity contribution in [3.05, 3.63) is 17.0 Å². The molecule has 0 saturated heterocycles. The van der Waals surface area contributed by atoms with E-state index in [9.17, 15) is 0 Å². The van der Waals surface area contributed by atoms with E-state index in [2.05, 4.69) is 12.0 Å². The van der Waals surface area contributed by atoms with Gasteiger partial charge in [-0.1, -0.05) is 6.92 Å². The Morgan fingerprint density at radius 2 is 2.42 bits per heavy atom. The molecule has 1 aliphatic rings. The number of aromatic nitrogens is 2. The van der Waals surface area contributed by atoms with E-state index in [1.165, 1.54) is 17.0 Å². The summed E-state index contributed by atoms with van der Waals surface area (Å²) in [4.78, 5) is 0. The number of nitrogens with zero attached hydrogens (tertiary/aromatic N) is 2. The number of rotatable bonds is 1. The lowest BCUT2D eigenvalue weighted by Crippen LogP contribution is -2.07. The molecule has 0 aliphatic heterocycles. The highest BCUT2D eigenvalue weighted by Gasteiger charge is 2.26. The fraction of sp³-hybridized carbons (Fsp3) is 0.667. The van der Waals surface area contributed by atoms with E-state index in [0.717, 1.165) is 19.3 Å². The van der Waals surface area contributed by atoms with E-state index in [1.54, 1.807) is 0 Å². The zero-order valence-electron chi connectivity index (χ0n) is 7.67. The van der Waals surface area contributed by atoms with Gasteiger partial charge >= 0.3 is 0 Å². The van der Waals surface area contributed by atoms with Gasteiger partial charge in [-0.25, -0.2) is 0 Å². The predicted molar refractivity (Wildman–Crippen MR) is 47.8 cm³/mol. The van der Waals surface area contributed by atoms with Gasteiger partial charge in [0.15, 0.2) is 0 Å². The topological polar surface area (TPSA) is 43.8 Å². The van der Waals surface area contributed by atoms with Gasteiger partial charge in [0.25, 0.3) is 0 Å². The van der Waals surface area contributed by atoms with Gasteiger partial charge in [-0.05, 0) is 19.3 Å². The van der Waals surface area contributed by atoms with Crippen LogP contribution in [0.15, 0.2) is 0 Å². The molecule has 1 aliphatic carbocycles. The Labute approximate surface area is 72.6 Å². The standard InChI is InChI=1S/C9H15N3/c1-3-7-9-6(10)4-5-8(9)12(2)11-7/h6H,3-5,10H2,1-2H3. The molecule has 0 aromatic carbocycles. The van der Waals surface area contributed by atoms with Crippen molar-refractivity contribution in [3.63, 3.8) is 0 Å². The fourth-order valence-corrected chi connectivity index (χ4v) is 2.06. The quantitative estimate of drug-likeness (QED) is 0.672. The minimum absolute atomic E-state index is 0.239. The van der Waals surface area contributed by atoms with Crippen molar-refractivity contribution in [3.8, 4) is 0 Å². The third-order valence-corrected chi connectivity index (χ3v) is 2.68. The van der Waals surface area contributed by atoms with E-state index >= 15 is 0 Å². The Morgan fingerprint density at radius 1 is 1.67 bits per heavy atom. The number of hydrogen-bond donors (Lipinski definition) is 1. The summed E-state index contributed by atoms with van der Waals surface area (Å²) >= 11 is 0. The van der Waals surface area contributed by atoms with Gasteiger partial charge in [0.2, 0.25) is 0 Å². The van der Waals surface area contributed by atoms with Crippen LogP contribution in [0, 0.1) is 0 Å². The number of aryl methyl sites for hydroxylation is 2. The highest BCUT2D eigenvalue weighted by atomic mass is 15.3. The lowest BCUT2D eigenvalue weighted by atomic mass is 10.1. The third-order valence-electron chi connectivity index (χ3n) is 2.68. The summed E-state index contributed by atoms with van der Waals surface area (Å²) in [6.07, 6.45) is 3.19. The van der Waals surface area contributed by atoms with Crippen molar-refractivity contribution in [2.45, 2.75) is 32.2 Å². The molecule has 1 aromatic heterocycles. The summed E-state index contributed by atoms with van der Waals surface area (Å²) in [6, 6.07) is 0.239. The Morgan fingerprint density at radius 3 is 3.08 bits per heavy atom. The first-order chi connectivity index (χ1) is 5.74. The molecule has 1 heterocycles. The second-order valence-electron chi connectivity index (χ2n) is 3.43. The maximum Gasteiger partial charge on any atom is 0.0672 e. The fourth-order valence-electron chi connectivity index (χ4n) is 2.06. The van der Waals surface area contributed by atoms with Gasteiger partial charge < -0.3 is 5.73 Å². The molecule has 66 valence electrons. The highest BCUT2D eigenvalue weighted by Crippen LogP contribution is 2.31. The van der Waals surface area contributed by atoms with Crippen molar-refractivity contribution < 1.29 is 0 Å². The summed E-state index contributed by atoms with van der Waals surface area (Å²) in [6.45, 7) is 2.13. The van der Waals surface area contributed by atoms with Crippen LogP contribution in [0.3, 0.4) is 0 Å². The Balaban J connectivity index is 2.54. The highest BCUT2D eigenvalue weighted by molar-refractivity contribution is 5.33. The first kappa shape index (κ1) is 7.80. The average molecular weight is 165 g/mol. The van der Waals surface area contributed by atoms with Crippen LogP contribution in [-0.4, -0.2) is 9.78 Å². The van der Waals surface area contributed by atoms with Gasteiger partial charge in [0.1, 0.15) is 0 Å². The van der Waals surface area contributed by atoms with Gasteiger partial charge in [-0.15, -0.1) is 0 Å². The summed E-state index contributed by atoms with van der Waals surface area (Å²) in [5.41, 5.74) is 9.84. The summed E-state index contributed by atoms with van der Waals surface area (Å²) in [5.74, 6) is 0. The molecule has 2 N–H and O–H groups in total. The van der Waals surface area contributed by atoms with Crippen molar-refractivity contribution in [1.82, 2.24) is 9.78 Å². The van der Waals surface area contributed by atoms with Crippen LogP contribution in [0.1, 0.15) is 36.3 Å². The molecule has 0 radical (unpaired) electrons. The molecule has 0 saturated carbocycles. The van der Waals surface area contributed by atoms with E-state index in [-0.39, 0.29) is 6.04 Å². The van der Waals surface area contributed by atoms with E-state index in [0.29, 0.717) is 0 Å². The molecule has 2 rings (SSSR count). The molecule has 0 fully saturated rings. The Kier molecular flexibility index (Phi) is 1.68. The molecule has 0 spiro atoms. The molecule has 1 atom stereocenters. The second kappa shape index (κ2) is 2.59. The van der Waals surface area contributed by atoms with E-state index in [4.69, 9.17) is 5.73 Å². The van der Waals surface area contributed by atoms with Gasteiger partial charge in [0.05, 0.1) is 5.69 Å². The monoisotopic (exact) mass is 165 g/mol. The molecule has 1 unspecified atom stereocenters. The molecule has 1 aromatic rings. The molecule has 0 bridgehead atoms. The van der Waals surface area contributed by atoms with Crippen molar-refractivity contribution >= 4 is 0 Å². The summed E-state index contributed by atoms with van der Waals surface area (Å²) in [5, 5.41) is 4.44. The van der Waals surface area contributed by atoms with Crippen LogP contribution in [0.4, 0.5) is 0 Å². The Bertz CT molecular complexity index is 301. The van der Waals surface area contributed by atoms with Crippen LogP contribution < -0.4 is 5.73 Å². The summed E-state index contributed by atoms with van der Waals surface area (Å²) < 4.78 is 1.99. The van der Waals surface area contributed by atoms with Gasteiger partial charge in [0, 0.05) is 24.3 Å². The molecular formula is C9H15N3. The van der Waals surface area contributed by atoms with Crippen molar-refractivity contribution in [1.29, 1.82) is 0 Å². The van der Waals surface area contributed by atoms with Crippen LogP contribution in [-0.2, 0) is 19.9 Å². The maximum absolute atomic E-state index is 5.98. The first-order valence-corrected chi connectivity index (χ1v) is 4.54. The number of nitrogens with two attached hydrogens (primary N) is 1. The van der Waals surface area contributed by atoms with E-state index < -0.39 is 0 Å². The van der Waals surface area contributed by atoms with Crippen molar-refractivity contribution in [2.75, 3.05) is 0 Å². The van der Waals surface area contributed by atoms with Crippen LogP contribution in [0.2, 0.25) is 0 Å². The lowest BCUT2D eigenvalue weighted by Gasteiger charge is -2.01. The van der Waals surface area contributed by atoms with Crippen molar-refractivity contribution in [2.24, 2.45) is 12.8 Å². The molecule has 3 heteroatoms. The minimum atomic E-state index is 0.239. The summed E-state index contributed by atoms with van der Waals surface area (Å²) in [7, 11) is 2.01. The molecule has 0 amide bonds. The van der Waals surface area contributed by atoms with Gasteiger partial charge in [-0.2, -0.15) is 5.10 Å². The molecule has 3 nitrogen and oxygen atoms in total. The first-order valence-electron chi connectivity index (χ1n) is 4.54. The zero-order chi connectivity index (χ0) is 8.72. The van der Waals surface area contributed by atoms with E-state index in [1.807, 2.05) is 11.7 Å². The number of fused-ring (bicyclic) bond motifs is 1. The largest absolute Gasteiger partial charge is 0.324 e.